The first kappa shape index (κ1) is 23.8. The van der Waals surface area contributed by atoms with Crippen molar-refractivity contribution in [3.05, 3.63) is 82.1 Å². The number of aryl methyl sites for hydroxylation is 1. The van der Waals surface area contributed by atoms with Gasteiger partial charge in [0.25, 0.3) is 5.91 Å². The Morgan fingerprint density at radius 1 is 1.16 bits per heavy atom. The van der Waals surface area contributed by atoms with Gasteiger partial charge >= 0.3 is 0 Å². The summed E-state index contributed by atoms with van der Waals surface area (Å²) in [5.74, 6) is 0.222. The standard InChI is InChI=1S/C22H21Cl2N5O2S/c1-3-9-29-19(12-25-21(31)15-5-4-6-16(23)10-15)27-28-22(29)32-13-20(30)26-18-11-17(24)8-7-14(18)2/h3-8,10-11H,1,9,12-13H2,2H3,(H,25,31)(H,26,30). The summed E-state index contributed by atoms with van der Waals surface area (Å²) in [6, 6.07) is 12.0. The zero-order valence-electron chi connectivity index (χ0n) is 17.3. The molecule has 166 valence electrons. The van der Waals surface area contributed by atoms with E-state index >= 15 is 0 Å². The number of hydrogen-bond acceptors (Lipinski definition) is 5. The zero-order chi connectivity index (χ0) is 23.1. The molecule has 0 radical (unpaired) electrons. The van der Waals surface area contributed by atoms with Crippen LogP contribution in [0.2, 0.25) is 10.0 Å². The Bertz CT molecular complexity index is 1150. The lowest BCUT2D eigenvalue weighted by Crippen LogP contribution is -2.24. The summed E-state index contributed by atoms with van der Waals surface area (Å²) < 4.78 is 1.80. The van der Waals surface area contributed by atoms with E-state index in [0.29, 0.717) is 38.8 Å². The summed E-state index contributed by atoms with van der Waals surface area (Å²) in [5, 5.41) is 15.6. The van der Waals surface area contributed by atoms with Crippen LogP contribution in [0, 0.1) is 6.92 Å². The Morgan fingerprint density at radius 3 is 2.69 bits per heavy atom. The van der Waals surface area contributed by atoms with Gasteiger partial charge in [-0.1, -0.05) is 53.2 Å². The Labute approximate surface area is 200 Å². The number of anilines is 1. The van der Waals surface area contributed by atoms with Crippen molar-refractivity contribution in [2.45, 2.75) is 25.2 Å². The fourth-order valence-electron chi connectivity index (χ4n) is 2.81. The number of aromatic nitrogens is 3. The average molecular weight is 490 g/mol. The second-order valence-electron chi connectivity index (χ2n) is 6.79. The predicted molar refractivity (Wildman–Crippen MR) is 128 cm³/mol. The number of nitrogens with one attached hydrogen (secondary N) is 2. The molecule has 0 aliphatic rings. The topological polar surface area (TPSA) is 88.9 Å². The highest BCUT2D eigenvalue weighted by Gasteiger charge is 2.15. The number of halogens is 2. The van der Waals surface area contributed by atoms with E-state index in [0.717, 1.165) is 5.56 Å². The summed E-state index contributed by atoms with van der Waals surface area (Å²) >= 11 is 13.2. The highest BCUT2D eigenvalue weighted by molar-refractivity contribution is 7.99. The monoisotopic (exact) mass is 489 g/mol. The molecule has 0 atom stereocenters. The van der Waals surface area contributed by atoms with Crippen LogP contribution < -0.4 is 10.6 Å². The maximum Gasteiger partial charge on any atom is 0.251 e. The van der Waals surface area contributed by atoms with Crippen molar-refractivity contribution in [1.82, 2.24) is 20.1 Å². The minimum absolute atomic E-state index is 0.135. The molecule has 0 fully saturated rings. The predicted octanol–water partition coefficient (Wildman–Crippen LogP) is 4.74. The van der Waals surface area contributed by atoms with Crippen LogP contribution in [-0.2, 0) is 17.9 Å². The molecule has 0 spiro atoms. The van der Waals surface area contributed by atoms with E-state index in [1.165, 1.54) is 11.8 Å². The van der Waals surface area contributed by atoms with Gasteiger partial charge in [-0.3, -0.25) is 9.59 Å². The van der Waals surface area contributed by atoms with Crippen molar-refractivity contribution >= 4 is 52.5 Å². The van der Waals surface area contributed by atoms with Gasteiger partial charge in [-0.05, 0) is 42.8 Å². The minimum Gasteiger partial charge on any atom is -0.345 e. The first-order valence-corrected chi connectivity index (χ1v) is 11.4. The third-order valence-electron chi connectivity index (χ3n) is 4.41. The van der Waals surface area contributed by atoms with Crippen LogP contribution in [0.4, 0.5) is 5.69 Å². The molecule has 0 aliphatic carbocycles. The quantitative estimate of drug-likeness (QED) is 0.334. The van der Waals surface area contributed by atoms with Crippen molar-refractivity contribution in [2.24, 2.45) is 0 Å². The maximum atomic E-state index is 12.4. The molecular weight excluding hydrogens is 469 g/mol. The molecule has 1 aromatic heterocycles. The number of carbonyl (C=O) groups is 2. The summed E-state index contributed by atoms with van der Waals surface area (Å²) in [4.78, 5) is 24.8. The number of carbonyl (C=O) groups excluding carboxylic acids is 2. The molecule has 2 N–H and O–H groups in total. The summed E-state index contributed by atoms with van der Waals surface area (Å²) in [7, 11) is 0. The van der Waals surface area contributed by atoms with Crippen molar-refractivity contribution < 1.29 is 9.59 Å². The molecule has 1 heterocycles. The molecule has 7 nitrogen and oxygen atoms in total. The van der Waals surface area contributed by atoms with Crippen molar-refractivity contribution in [2.75, 3.05) is 11.1 Å². The van der Waals surface area contributed by atoms with Crippen LogP contribution in [-0.4, -0.2) is 32.3 Å². The summed E-state index contributed by atoms with van der Waals surface area (Å²) in [6.07, 6.45) is 1.70. The number of benzene rings is 2. The molecule has 3 rings (SSSR count). The van der Waals surface area contributed by atoms with Gasteiger partial charge in [-0.2, -0.15) is 0 Å². The molecule has 32 heavy (non-hydrogen) atoms. The van der Waals surface area contributed by atoms with Crippen LogP contribution in [0.1, 0.15) is 21.7 Å². The Morgan fingerprint density at radius 2 is 1.94 bits per heavy atom. The Kier molecular flexibility index (Phi) is 8.33. The van der Waals surface area contributed by atoms with Gasteiger partial charge in [0.2, 0.25) is 5.91 Å². The van der Waals surface area contributed by atoms with Gasteiger partial charge in [-0.25, -0.2) is 0 Å². The molecule has 3 aromatic rings. The molecule has 0 saturated carbocycles. The number of thioether (sulfide) groups is 1. The van der Waals surface area contributed by atoms with Crippen molar-refractivity contribution in [3.8, 4) is 0 Å². The van der Waals surface area contributed by atoms with Crippen LogP contribution in [0.5, 0.6) is 0 Å². The lowest BCUT2D eigenvalue weighted by Gasteiger charge is -2.10. The first-order valence-electron chi connectivity index (χ1n) is 9.63. The SMILES string of the molecule is C=CCn1c(CNC(=O)c2cccc(Cl)c2)nnc1SCC(=O)Nc1cc(Cl)ccc1C. The third-order valence-corrected chi connectivity index (χ3v) is 5.84. The molecule has 0 saturated heterocycles. The van der Waals surface area contributed by atoms with Crippen LogP contribution >= 0.6 is 35.0 Å². The second-order valence-corrected chi connectivity index (χ2v) is 8.60. The van der Waals surface area contributed by atoms with E-state index in [1.807, 2.05) is 13.0 Å². The molecule has 0 bridgehead atoms. The van der Waals surface area contributed by atoms with Crippen LogP contribution in [0.15, 0.2) is 60.3 Å². The lowest BCUT2D eigenvalue weighted by atomic mass is 10.2. The third kappa shape index (κ3) is 6.35. The second kappa shape index (κ2) is 11.2. The van der Waals surface area contributed by atoms with E-state index in [4.69, 9.17) is 23.2 Å². The van der Waals surface area contributed by atoms with E-state index in [9.17, 15) is 9.59 Å². The minimum atomic E-state index is -0.272. The van der Waals surface area contributed by atoms with Gasteiger partial charge in [0.05, 0.1) is 12.3 Å². The zero-order valence-corrected chi connectivity index (χ0v) is 19.6. The number of rotatable bonds is 9. The largest absolute Gasteiger partial charge is 0.345 e. The number of allylic oxidation sites excluding steroid dienone is 1. The lowest BCUT2D eigenvalue weighted by molar-refractivity contribution is -0.113. The molecule has 0 unspecified atom stereocenters. The molecule has 2 aromatic carbocycles. The maximum absolute atomic E-state index is 12.4. The molecule has 0 aliphatic heterocycles. The number of hydrogen-bond donors (Lipinski definition) is 2. The highest BCUT2D eigenvalue weighted by atomic mass is 35.5. The normalized spacial score (nSPS) is 10.6. The van der Waals surface area contributed by atoms with E-state index in [2.05, 4.69) is 27.4 Å². The van der Waals surface area contributed by atoms with Gasteiger partial charge in [-0.15, -0.1) is 16.8 Å². The molecule has 10 heteroatoms. The van der Waals surface area contributed by atoms with Gasteiger partial charge in [0, 0.05) is 27.8 Å². The fraction of sp³-hybridized carbons (Fsp3) is 0.182. The Balaban J connectivity index is 1.62. The van der Waals surface area contributed by atoms with Crippen LogP contribution in [0.3, 0.4) is 0 Å². The summed E-state index contributed by atoms with van der Waals surface area (Å²) in [6.45, 7) is 6.26. The van der Waals surface area contributed by atoms with Gasteiger partial charge in [0.15, 0.2) is 11.0 Å². The van der Waals surface area contributed by atoms with Crippen LogP contribution in [0.25, 0.3) is 0 Å². The fourth-order valence-corrected chi connectivity index (χ4v) is 3.93. The molecular formula is C22H21Cl2N5O2S. The molecule has 2 amide bonds. The van der Waals surface area contributed by atoms with Crippen molar-refractivity contribution in [1.29, 1.82) is 0 Å². The van der Waals surface area contributed by atoms with E-state index < -0.39 is 0 Å². The van der Waals surface area contributed by atoms with Gasteiger partial charge in [0.1, 0.15) is 0 Å². The number of amides is 2. The van der Waals surface area contributed by atoms with E-state index in [-0.39, 0.29) is 24.1 Å². The van der Waals surface area contributed by atoms with Crippen molar-refractivity contribution in [3.63, 3.8) is 0 Å². The first-order chi connectivity index (χ1) is 15.4. The summed E-state index contributed by atoms with van der Waals surface area (Å²) in [5.41, 5.74) is 2.04. The highest BCUT2D eigenvalue weighted by Crippen LogP contribution is 2.22. The average Bonchev–Trinajstić information content (AvgIpc) is 3.15. The van der Waals surface area contributed by atoms with Gasteiger partial charge < -0.3 is 15.2 Å². The smallest absolute Gasteiger partial charge is 0.251 e. The Hall–Kier alpha value is -2.81. The number of nitrogens with zero attached hydrogens (tertiary/aromatic N) is 3. The van der Waals surface area contributed by atoms with E-state index in [1.54, 1.807) is 47.0 Å².